The highest BCUT2D eigenvalue weighted by Gasteiger charge is 2.29. The predicted molar refractivity (Wildman–Crippen MR) is 86.2 cm³/mol. The summed E-state index contributed by atoms with van der Waals surface area (Å²) in [5.74, 6) is 0.0877. The highest BCUT2D eigenvalue weighted by atomic mass is 35.5. The van der Waals surface area contributed by atoms with E-state index in [4.69, 9.17) is 27.9 Å². The molecule has 0 aliphatic heterocycles. The third kappa shape index (κ3) is 4.60. The molecule has 1 saturated carbocycles. The summed E-state index contributed by atoms with van der Waals surface area (Å²) in [4.78, 5) is 14.4. The van der Waals surface area contributed by atoms with E-state index in [1.807, 2.05) is 14.1 Å². The van der Waals surface area contributed by atoms with Crippen LogP contribution in [0.5, 0.6) is 0 Å². The van der Waals surface area contributed by atoms with Gasteiger partial charge < -0.3 is 9.64 Å². The van der Waals surface area contributed by atoms with Crippen molar-refractivity contribution in [1.82, 2.24) is 4.90 Å². The number of ether oxygens (including phenoxy) is 1. The van der Waals surface area contributed by atoms with Gasteiger partial charge in [-0.3, -0.25) is 0 Å². The summed E-state index contributed by atoms with van der Waals surface area (Å²) in [5.41, 5.74) is 0.457. The molecule has 5 heteroatoms. The lowest BCUT2D eigenvalue weighted by molar-refractivity contribution is -0.00324. The van der Waals surface area contributed by atoms with E-state index in [0.29, 0.717) is 21.5 Å². The number of benzene rings is 1. The van der Waals surface area contributed by atoms with Gasteiger partial charge in [0.25, 0.3) is 0 Å². The van der Waals surface area contributed by atoms with Crippen LogP contribution in [0, 0.1) is 5.92 Å². The quantitative estimate of drug-likeness (QED) is 0.772. The van der Waals surface area contributed by atoms with Crippen LogP contribution < -0.4 is 0 Å². The van der Waals surface area contributed by atoms with Gasteiger partial charge in [-0.25, -0.2) is 4.79 Å². The Morgan fingerprint density at radius 1 is 1.24 bits per heavy atom. The molecule has 0 bridgehead atoms. The van der Waals surface area contributed by atoms with Crippen LogP contribution in [0.1, 0.15) is 36.0 Å². The Kier molecular flexibility index (Phi) is 5.91. The molecule has 21 heavy (non-hydrogen) atoms. The van der Waals surface area contributed by atoms with Crippen LogP contribution in [-0.2, 0) is 4.74 Å². The van der Waals surface area contributed by atoms with Crippen LogP contribution >= 0.6 is 23.2 Å². The minimum Gasteiger partial charge on any atom is -0.458 e. The molecule has 0 radical (unpaired) electrons. The van der Waals surface area contributed by atoms with Crippen molar-refractivity contribution < 1.29 is 9.53 Å². The Morgan fingerprint density at radius 3 is 2.62 bits per heavy atom. The van der Waals surface area contributed by atoms with Crippen LogP contribution in [-0.4, -0.2) is 37.6 Å². The molecular formula is C16H21Cl2NO2. The van der Waals surface area contributed by atoms with Crippen molar-refractivity contribution in [2.75, 3.05) is 20.6 Å². The van der Waals surface area contributed by atoms with Crippen molar-refractivity contribution in [3.8, 4) is 0 Å². The Hall–Kier alpha value is -0.770. The first-order valence-electron chi connectivity index (χ1n) is 7.28. The highest BCUT2D eigenvalue weighted by Crippen LogP contribution is 2.29. The van der Waals surface area contributed by atoms with Crippen molar-refractivity contribution in [1.29, 1.82) is 0 Å². The summed E-state index contributed by atoms with van der Waals surface area (Å²) >= 11 is 11.8. The van der Waals surface area contributed by atoms with Crippen LogP contribution in [0.25, 0.3) is 0 Å². The van der Waals surface area contributed by atoms with Gasteiger partial charge in [0.2, 0.25) is 0 Å². The number of hydrogen-bond acceptors (Lipinski definition) is 3. The molecule has 116 valence electrons. The van der Waals surface area contributed by atoms with Gasteiger partial charge in [0.05, 0.1) is 15.6 Å². The van der Waals surface area contributed by atoms with Crippen molar-refractivity contribution in [3.63, 3.8) is 0 Å². The number of nitrogens with zero attached hydrogens (tertiary/aromatic N) is 1. The first kappa shape index (κ1) is 16.6. The monoisotopic (exact) mass is 329 g/mol. The maximum absolute atomic E-state index is 12.3. The second kappa shape index (κ2) is 7.48. The number of rotatable bonds is 4. The topological polar surface area (TPSA) is 29.5 Å². The van der Waals surface area contributed by atoms with Gasteiger partial charge in [0, 0.05) is 12.5 Å². The summed E-state index contributed by atoms with van der Waals surface area (Å²) in [6.45, 7) is 0.944. The second-order valence-corrected chi connectivity index (χ2v) is 6.69. The van der Waals surface area contributed by atoms with Crippen molar-refractivity contribution in [3.05, 3.63) is 33.8 Å². The number of carbonyl (C=O) groups is 1. The molecule has 1 aromatic rings. The number of carbonyl (C=O) groups excluding carboxylic acids is 1. The Labute approximate surface area is 136 Å². The summed E-state index contributed by atoms with van der Waals surface area (Å²) in [5, 5.41) is 0.816. The van der Waals surface area contributed by atoms with Crippen LogP contribution in [0.2, 0.25) is 10.0 Å². The van der Waals surface area contributed by atoms with E-state index in [0.717, 1.165) is 25.8 Å². The third-order valence-corrected chi connectivity index (χ3v) is 4.59. The third-order valence-electron chi connectivity index (χ3n) is 3.85. The average Bonchev–Trinajstić information content (AvgIpc) is 2.43. The first-order valence-corrected chi connectivity index (χ1v) is 8.03. The molecule has 0 saturated heterocycles. The number of hydrogen-bond donors (Lipinski definition) is 0. The minimum absolute atomic E-state index is 0.0110. The van der Waals surface area contributed by atoms with Crippen molar-refractivity contribution in [2.45, 2.75) is 31.8 Å². The predicted octanol–water partition coefficient (Wildman–Crippen LogP) is 4.27. The molecule has 2 rings (SSSR count). The Bertz CT molecular complexity index is 505. The Morgan fingerprint density at radius 2 is 1.95 bits per heavy atom. The highest BCUT2D eigenvalue weighted by molar-refractivity contribution is 6.42. The summed E-state index contributed by atoms with van der Waals surface area (Å²) in [6, 6.07) is 4.84. The van der Waals surface area contributed by atoms with E-state index in [2.05, 4.69) is 4.90 Å². The van der Waals surface area contributed by atoms with E-state index < -0.39 is 0 Å². The minimum atomic E-state index is -0.316. The second-order valence-electron chi connectivity index (χ2n) is 5.88. The van der Waals surface area contributed by atoms with Crippen LogP contribution in [0.3, 0.4) is 0 Å². The molecule has 2 atom stereocenters. The number of esters is 1. The summed E-state index contributed by atoms with van der Waals surface area (Å²) < 4.78 is 5.72. The van der Waals surface area contributed by atoms with Gasteiger partial charge in [0.15, 0.2) is 0 Å². The fraction of sp³-hybridized carbons (Fsp3) is 0.562. The van der Waals surface area contributed by atoms with Crippen LogP contribution in [0.15, 0.2) is 18.2 Å². The lowest BCUT2D eigenvalue weighted by Crippen LogP contribution is -2.36. The summed E-state index contributed by atoms with van der Waals surface area (Å²) in [6.07, 6.45) is 4.36. The largest absolute Gasteiger partial charge is 0.458 e. The fourth-order valence-corrected chi connectivity index (χ4v) is 3.13. The fourth-order valence-electron chi connectivity index (χ4n) is 2.84. The van der Waals surface area contributed by atoms with Gasteiger partial charge in [-0.1, -0.05) is 29.6 Å². The zero-order valence-corrected chi connectivity index (χ0v) is 14.0. The molecular weight excluding hydrogens is 309 g/mol. The van der Waals surface area contributed by atoms with Gasteiger partial charge in [-0.05, 0) is 51.6 Å². The molecule has 1 aromatic carbocycles. The zero-order chi connectivity index (χ0) is 15.4. The zero-order valence-electron chi connectivity index (χ0n) is 12.4. The normalized spacial score (nSPS) is 22.3. The molecule has 0 amide bonds. The van der Waals surface area contributed by atoms with E-state index in [1.165, 1.54) is 6.42 Å². The molecule has 1 fully saturated rings. The van der Waals surface area contributed by atoms with E-state index in [1.54, 1.807) is 18.2 Å². The Balaban J connectivity index is 2.04. The average molecular weight is 330 g/mol. The lowest BCUT2D eigenvalue weighted by atomic mass is 9.86. The van der Waals surface area contributed by atoms with Crippen LogP contribution in [0.4, 0.5) is 0 Å². The van der Waals surface area contributed by atoms with Crippen molar-refractivity contribution >= 4 is 29.2 Å². The first-order chi connectivity index (χ1) is 9.97. The smallest absolute Gasteiger partial charge is 0.338 e. The van der Waals surface area contributed by atoms with Gasteiger partial charge in [-0.15, -0.1) is 0 Å². The van der Waals surface area contributed by atoms with E-state index >= 15 is 0 Å². The number of halogens is 2. The molecule has 0 spiro atoms. The molecule has 1 aliphatic rings. The molecule has 2 unspecified atom stereocenters. The van der Waals surface area contributed by atoms with Crippen molar-refractivity contribution in [2.24, 2.45) is 5.92 Å². The standard InChI is InChI=1S/C16H21Cl2NO2/c1-19(2)10-12-5-3-4-6-15(12)21-16(20)11-7-8-13(17)14(18)9-11/h7-9,12,15H,3-6,10H2,1-2H3. The lowest BCUT2D eigenvalue weighted by Gasteiger charge is -2.32. The van der Waals surface area contributed by atoms with E-state index in [9.17, 15) is 4.79 Å². The van der Waals surface area contributed by atoms with Gasteiger partial charge in [0.1, 0.15) is 6.10 Å². The maximum atomic E-state index is 12.3. The molecule has 3 nitrogen and oxygen atoms in total. The van der Waals surface area contributed by atoms with Gasteiger partial charge in [-0.2, -0.15) is 0 Å². The van der Waals surface area contributed by atoms with Gasteiger partial charge >= 0.3 is 5.97 Å². The SMILES string of the molecule is CN(C)CC1CCCCC1OC(=O)c1ccc(Cl)c(Cl)c1. The molecule has 0 N–H and O–H groups in total. The molecule has 0 heterocycles. The molecule has 1 aliphatic carbocycles. The van der Waals surface area contributed by atoms with E-state index in [-0.39, 0.29) is 12.1 Å². The molecule has 0 aromatic heterocycles. The summed E-state index contributed by atoms with van der Waals surface area (Å²) in [7, 11) is 4.10. The maximum Gasteiger partial charge on any atom is 0.338 e.